The summed E-state index contributed by atoms with van der Waals surface area (Å²) in [6.07, 6.45) is 6.63. The Morgan fingerprint density at radius 3 is 3.00 bits per heavy atom. The number of carbonyl (C=O) groups is 1. The fourth-order valence-corrected chi connectivity index (χ4v) is 0.735. The van der Waals surface area contributed by atoms with E-state index in [9.17, 15) is 4.79 Å². The summed E-state index contributed by atoms with van der Waals surface area (Å²) >= 11 is 0. The van der Waals surface area contributed by atoms with Crippen molar-refractivity contribution < 1.29 is 4.79 Å². The third-order valence-corrected chi connectivity index (χ3v) is 1.33. The highest BCUT2D eigenvalue weighted by Gasteiger charge is 1.95. The molecular weight excluding hydrogens is 168 g/mol. The number of rotatable bonds is 6. The van der Waals surface area contributed by atoms with Crippen LogP contribution in [0.15, 0.2) is 5.11 Å². The normalized spacial score (nSPS) is 8.23. The zero-order valence-electron chi connectivity index (χ0n) is 7.36. The van der Waals surface area contributed by atoms with Gasteiger partial charge in [0.2, 0.25) is 5.91 Å². The second-order valence-corrected chi connectivity index (χ2v) is 2.39. The number of nitrogens with one attached hydrogen (secondary N) is 1. The van der Waals surface area contributed by atoms with Crippen molar-refractivity contribution in [2.75, 3.05) is 13.1 Å². The average molecular weight is 180 g/mol. The number of carbonyl (C=O) groups excluding carboxylic acids is 1. The summed E-state index contributed by atoms with van der Waals surface area (Å²) in [5, 5.41) is 6.00. The Balaban J connectivity index is 3.21. The summed E-state index contributed by atoms with van der Waals surface area (Å²) in [6.45, 7) is 1.06. The van der Waals surface area contributed by atoms with Crippen LogP contribution in [0.2, 0.25) is 0 Å². The van der Waals surface area contributed by atoms with E-state index in [0.717, 1.165) is 12.8 Å². The molecule has 0 spiro atoms. The molecule has 0 fully saturated rings. The van der Waals surface area contributed by atoms with Crippen LogP contribution in [0, 0.1) is 12.3 Å². The minimum Gasteiger partial charge on any atom is -0.355 e. The Bertz CT molecular complexity index is 237. The van der Waals surface area contributed by atoms with Crippen LogP contribution in [0.5, 0.6) is 0 Å². The van der Waals surface area contributed by atoms with Crippen LogP contribution in [0.4, 0.5) is 0 Å². The van der Waals surface area contributed by atoms with Crippen molar-refractivity contribution in [1.82, 2.24) is 5.32 Å². The Labute approximate surface area is 77.1 Å². The summed E-state index contributed by atoms with van der Waals surface area (Å²) in [5.74, 6) is 2.12. The summed E-state index contributed by atoms with van der Waals surface area (Å²) < 4.78 is 0. The van der Waals surface area contributed by atoms with E-state index in [0.29, 0.717) is 13.1 Å². The lowest BCUT2D eigenvalue weighted by Gasteiger charge is -2.00. The van der Waals surface area contributed by atoms with Gasteiger partial charge in [-0.25, -0.2) is 0 Å². The molecule has 0 rings (SSSR count). The van der Waals surface area contributed by atoms with E-state index in [4.69, 9.17) is 12.0 Å². The quantitative estimate of drug-likeness (QED) is 0.215. The Morgan fingerprint density at radius 1 is 1.62 bits per heavy atom. The number of nitrogens with zero attached hydrogens (tertiary/aromatic N) is 3. The van der Waals surface area contributed by atoms with Gasteiger partial charge in [-0.3, -0.25) is 4.79 Å². The van der Waals surface area contributed by atoms with Crippen LogP contribution >= 0.6 is 0 Å². The van der Waals surface area contributed by atoms with Crippen molar-refractivity contribution in [1.29, 1.82) is 0 Å². The van der Waals surface area contributed by atoms with Crippen LogP contribution in [0.25, 0.3) is 10.4 Å². The van der Waals surface area contributed by atoms with Crippen molar-refractivity contribution in [3.05, 3.63) is 10.4 Å². The maximum Gasteiger partial charge on any atom is 0.232 e. The van der Waals surface area contributed by atoms with Crippen LogP contribution in [0.1, 0.15) is 19.3 Å². The van der Waals surface area contributed by atoms with Crippen molar-refractivity contribution in [3.8, 4) is 12.3 Å². The molecule has 0 radical (unpaired) electrons. The molecule has 1 amide bonds. The number of unbranched alkanes of at least 4 members (excludes halogenated alkanes) is 1. The SMILES string of the molecule is C#CCC(=O)NCCCCN=[N+]=[N-]. The Hall–Kier alpha value is -1.66. The first-order valence-electron chi connectivity index (χ1n) is 4.02. The molecule has 0 saturated carbocycles. The zero-order chi connectivity index (χ0) is 9.94. The van der Waals surface area contributed by atoms with Gasteiger partial charge in [-0.1, -0.05) is 11.0 Å². The number of hydrogen-bond donors (Lipinski definition) is 1. The molecule has 0 aromatic rings. The Morgan fingerprint density at radius 2 is 2.38 bits per heavy atom. The van der Waals surface area contributed by atoms with Crippen LogP contribution in [-0.4, -0.2) is 19.0 Å². The second kappa shape index (κ2) is 8.44. The smallest absolute Gasteiger partial charge is 0.232 e. The summed E-state index contributed by atoms with van der Waals surface area (Å²) in [4.78, 5) is 13.4. The highest BCUT2D eigenvalue weighted by atomic mass is 16.1. The molecule has 0 aromatic carbocycles. The predicted octanol–water partition coefficient (Wildman–Crippen LogP) is 1.22. The van der Waals surface area contributed by atoms with E-state index in [1.165, 1.54) is 0 Å². The molecule has 5 nitrogen and oxygen atoms in total. The van der Waals surface area contributed by atoms with Gasteiger partial charge in [0, 0.05) is 18.0 Å². The zero-order valence-corrected chi connectivity index (χ0v) is 7.36. The lowest BCUT2D eigenvalue weighted by atomic mass is 10.3. The van der Waals surface area contributed by atoms with E-state index in [-0.39, 0.29) is 12.3 Å². The lowest BCUT2D eigenvalue weighted by Crippen LogP contribution is -2.23. The molecule has 1 N–H and O–H groups in total. The summed E-state index contributed by atoms with van der Waals surface area (Å²) in [5.41, 5.74) is 7.95. The minimum atomic E-state index is -0.133. The van der Waals surface area contributed by atoms with Gasteiger partial charge in [0.25, 0.3) is 0 Å². The van der Waals surface area contributed by atoms with Crippen LogP contribution in [0.3, 0.4) is 0 Å². The molecule has 0 saturated heterocycles. The first-order valence-corrected chi connectivity index (χ1v) is 4.02. The molecule has 0 aliphatic rings. The van der Waals surface area contributed by atoms with Crippen molar-refractivity contribution in [2.24, 2.45) is 5.11 Å². The molecule has 0 atom stereocenters. The van der Waals surface area contributed by atoms with Gasteiger partial charge in [0.1, 0.15) is 0 Å². The molecule has 5 heteroatoms. The van der Waals surface area contributed by atoms with E-state index in [2.05, 4.69) is 21.3 Å². The third-order valence-electron chi connectivity index (χ3n) is 1.33. The van der Waals surface area contributed by atoms with Gasteiger partial charge in [-0.15, -0.1) is 6.42 Å². The van der Waals surface area contributed by atoms with Crippen LogP contribution < -0.4 is 5.32 Å². The second-order valence-electron chi connectivity index (χ2n) is 2.39. The molecule has 0 aromatic heterocycles. The van der Waals surface area contributed by atoms with Gasteiger partial charge in [0.15, 0.2) is 0 Å². The number of amides is 1. The molecule has 70 valence electrons. The van der Waals surface area contributed by atoms with Gasteiger partial charge in [0.05, 0.1) is 6.42 Å². The summed E-state index contributed by atoms with van der Waals surface area (Å²) in [6, 6.07) is 0. The molecule has 0 heterocycles. The maximum atomic E-state index is 10.8. The number of terminal acetylenes is 1. The van der Waals surface area contributed by atoms with Gasteiger partial charge >= 0.3 is 0 Å². The molecule has 0 unspecified atom stereocenters. The first kappa shape index (κ1) is 11.3. The first-order chi connectivity index (χ1) is 6.31. The van der Waals surface area contributed by atoms with Crippen molar-refractivity contribution in [2.45, 2.75) is 19.3 Å². The standard InChI is InChI=1S/C8H12N4O/c1-2-5-8(13)10-6-3-4-7-11-12-9/h1H,3-7H2,(H,10,13). The minimum absolute atomic E-state index is 0.121. The monoisotopic (exact) mass is 180 g/mol. The number of azide groups is 1. The van der Waals surface area contributed by atoms with Crippen molar-refractivity contribution >= 4 is 5.91 Å². The van der Waals surface area contributed by atoms with Gasteiger partial charge in [-0.05, 0) is 18.4 Å². The molecule has 0 bridgehead atoms. The van der Waals surface area contributed by atoms with E-state index >= 15 is 0 Å². The molecule has 0 aliphatic carbocycles. The maximum absolute atomic E-state index is 10.8. The van der Waals surface area contributed by atoms with E-state index in [1.54, 1.807) is 0 Å². The fraction of sp³-hybridized carbons (Fsp3) is 0.625. The van der Waals surface area contributed by atoms with Gasteiger partial charge in [-0.2, -0.15) is 0 Å². The fourth-order valence-electron chi connectivity index (χ4n) is 0.735. The topological polar surface area (TPSA) is 77.9 Å². The van der Waals surface area contributed by atoms with Crippen LogP contribution in [-0.2, 0) is 4.79 Å². The van der Waals surface area contributed by atoms with E-state index in [1.807, 2.05) is 0 Å². The third kappa shape index (κ3) is 8.24. The molecular formula is C8H12N4O. The highest BCUT2D eigenvalue weighted by molar-refractivity contribution is 5.78. The Kier molecular flexibility index (Phi) is 7.36. The lowest BCUT2D eigenvalue weighted by molar-refractivity contribution is -0.120. The highest BCUT2D eigenvalue weighted by Crippen LogP contribution is 1.88. The molecule has 13 heavy (non-hydrogen) atoms. The predicted molar refractivity (Wildman–Crippen MR) is 49.7 cm³/mol. The van der Waals surface area contributed by atoms with Gasteiger partial charge < -0.3 is 5.32 Å². The average Bonchev–Trinajstić information content (AvgIpc) is 2.11. The van der Waals surface area contributed by atoms with Crippen molar-refractivity contribution in [3.63, 3.8) is 0 Å². The number of hydrogen-bond acceptors (Lipinski definition) is 2. The molecule has 0 aliphatic heterocycles. The largest absolute Gasteiger partial charge is 0.355 e. The summed E-state index contributed by atoms with van der Waals surface area (Å²) in [7, 11) is 0. The van der Waals surface area contributed by atoms with E-state index < -0.39 is 0 Å².